The first-order valence-corrected chi connectivity index (χ1v) is 6.98. The molecule has 0 radical (unpaired) electrons. The van der Waals surface area contributed by atoms with Crippen molar-refractivity contribution >= 4 is 5.69 Å². The molecule has 0 atom stereocenters. The van der Waals surface area contributed by atoms with Gasteiger partial charge in [0, 0.05) is 25.3 Å². The normalized spacial score (nSPS) is 10.7. The molecule has 2 aromatic carbocycles. The van der Waals surface area contributed by atoms with Crippen LogP contribution in [0.4, 0.5) is 10.1 Å². The van der Waals surface area contributed by atoms with E-state index in [4.69, 9.17) is 4.74 Å². The lowest BCUT2D eigenvalue weighted by atomic mass is 10.2. The Balaban J connectivity index is 1.75. The van der Waals surface area contributed by atoms with Gasteiger partial charge in [0.25, 0.3) is 0 Å². The number of rotatable bonds is 7. The summed E-state index contributed by atoms with van der Waals surface area (Å²) in [5.41, 5.74) is 2.05. The maximum absolute atomic E-state index is 13.0. The molecular weight excluding hydrogens is 267 g/mol. The lowest BCUT2D eigenvalue weighted by Gasteiger charge is -2.17. The van der Waals surface area contributed by atoms with Crippen molar-refractivity contribution in [2.75, 3.05) is 32.6 Å². The summed E-state index contributed by atoms with van der Waals surface area (Å²) in [6, 6.07) is 14.6. The minimum atomic E-state index is -0.216. The highest BCUT2D eigenvalue weighted by Crippen LogP contribution is 2.12. The fourth-order valence-corrected chi connectivity index (χ4v) is 2.11. The zero-order valence-corrected chi connectivity index (χ0v) is 12.5. The van der Waals surface area contributed by atoms with E-state index in [1.807, 2.05) is 18.2 Å². The number of anilines is 1. The molecule has 4 heteroatoms. The van der Waals surface area contributed by atoms with E-state index in [0.29, 0.717) is 0 Å². The summed E-state index contributed by atoms with van der Waals surface area (Å²) >= 11 is 0. The molecule has 0 saturated heterocycles. The van der Waals surface area contributed by atoms with E-state index in [0.717, 1.165) is 31.1 Å². The standard InChI is InChI=1S/C17H21FN2O/c1-20(13-14-6-8-17(21-2)9-7-14)11-10-19-16-5-3-4-15(18)12-16/h3-9,12,19H,10-11,13H2,1-2H3. The first kappa shape index (κ1) is 15.3. The van der Waals surface area contributed by atoms with Crippen molar-refractivity contribution in [1.82, 2.24) is 4.90 Å². The van der Waals surface area contributed by atoms with Crippen molar-refractivity contribution in [2.24, 2.45) is 0 Å². The second-order valence-corrected chi connectivity index (χ2v) is 5.02. The summed E-state index contributed by atoms with van der Waals surface area (Å²) in [4.78, 5) is 2.22. The van der Waals surface area contributed by atoms with Crippen molar-refractivity contribution in [2.45, 2.75) is 6.54 Å². The summed E-state index contributed by atoms with van der Waals surface area (Å²) < 4.78 is 18.2. The number of hydrogen-bond acceptors (Lipinski definition) is 3. The summed E-state index contributed by atoms with van der Waals surface area (Å²) in [7, 11) is 3.73. The largest absolute Gasteiger partial charge is 0.497 e. The third-order valence-electron chi connectivity index (χ3n) is 3.26. The molecular formula is C17H21FN2O. The number of hydrogen-bond donors (Lipinski definition) is 1. The number of nitrogens with zero attached hydrogens (tertiary/aromatic N) is 1. The molecule has 0 fully saturated rings. The molecule has 112 valence electrons. The second-order valence-electron chi connectivity index (χ2n) is 5.02. The molecule has 0 aliphatic rings. The third kappa shape index (κ3) is 5.08. The Morgan fingerprint density at radius 1 is 1.14 bits per heavy atom. The minimum absolute atomic E-state index is 0.216. The van der Waals surface area contributed by atoms with Crippen molar-refractivity contribution in [3.63, 3.8) is 0 Å². The first-order valence-electron chi connectivity index (χ1n) is 6.98. The van der Waals surface area contributed by atoms with Crippen LogP contribution in [0.5, 0.6) is 5.75 Å². The van der Waals surface area contributed by atoms with Crippen LogP contribution in [0.1, 0.15) is 5.56 Å². The lowest BCUT2D eigenvalue weighted by molar-refractivity contribution is 0.339. The SMILES string of the molecule is COc1ccc(CN(C)CCNc2cccc(F)c2)cc1. The van der Waals surface area contributed by atoms with Crippen LogP contribution in [-0.2, 0) is 6.54 Å². The molecule has 0 saturated carbocycles. The van der Waals surface area contributed by atoms with Crippen LogP contribution in [0.15, 0.2) is 48.5 Å². The van der Waals surface area contributed by atoms with Crippen molar-refractivity contribution < 1.29 is 9.13 Å². The molecule has 2 rings (SSSR count). The molecule has 0 aliphatic heterocycles. The quantitative estimate of drug-likeness (QED) is 0.845. The van der Waals surface area contributed by atoms with Gasteiger partial charge in [-0.25, -0.2) is 4.39 Å². The van der Waals surface area contributed by atoms with Crippen LogP contribution in [0.25, 0.3) is 0 Å². The van der Waals surface area contributed by atoms with Crippen molar-refractivity contribution in [3.8, 4) is 5.75 Å². The van der Waals surface area contributed by atoms with Gasteiger partial charge in [0.1, 0.15) is 11.6 Å². The summed E-state index contributed by atoms with van der Waals surface area (Å²) in [5, 5.41) is 3.22. The highest BCUT2D eigenvalue weighted by molar-refractivity contribution is 5.42. The van der Waals surface area contributed by atoms with Gasteiger partial charge in [-0.15, -0.1) is 0 Å². The predicted molar refractivity (Wildman–Crippen MR) is 84.2 cm³/mol. The Morgan fingerprint density at radius 2 is 1.90 bits per heavy atom. The zero-order valence-electron chi connectivity index (χ0n) is 12.5. The molecule has 0 aliphatic carbocycles. The van der Waals surface area contributed by atoms with E-state index in [9.17, 15) is 4.39 Å². The van der Waals surface area contributed by atoms with Crippen LogP contribution >= 0.6 is 0 Å². The molecule has 0 unspecified atom stereocenters. The van der Waals surface area contributed by atoms with Gasteiger partial charge in [0.15, 0.2) is 0 Å². The number of nitrogens with one attached hydrogen (secondary N) is 1. The molecule has 0 heterocycles. The molecule has 0 bridgehead atoms. The summed E-state index contributed by atoms with van der Waals surface area (Å²) in [6.45, 7) is 2.52. The van der Waals surface area contributed by atoms with E-state index < -0.39 is 0 Å². The molecule has 21 heavy (non-hydrogen) atoms. The Labute approximate surface area is 125 Å². The third-order valence-corrected chi connectivity index (χ3v) is 3.26. The van der Waals surface area contributed by atoms with Crippen molar-refractivity contribution in [1.29, 1.82) is 0 Å². The van der Waals surface area contributed by atoms with Crippen LogP contribution in [0, 0.1) is 5.82 Å². The smallest absolute Gasteiger partial charge is 0.125 e. The van der Waals surface area contributed by atoms with Crippen LogP contribution in [0.3, 0.4) is 0 Å². The summed E-state index contributed by atoms with van der Waals surface area (Å²) in [5.74, 6) is 0.653. The van der Waals surface area contributed by atoms with E-state index in [2.05, 4.69) is 29.4 Å². The molecule has 0 aromatic heterocycles. The van der Waals surface area contributed by atoms with Gasteiger partial charge in [-0.3, -0.25) is 0 Å². The Hall–Kier alpha value is -2.07. The molecule has 3 nitrogen and oxygen atoms in total. The van der Waals surface area contributed by atoms with Gasteiger partial charge < -0.3 is 15.0 Å². The Kier molecular flexibility index (Phi) is 5.58. The van der Waals surface area contributed by atoms with Crippen molar-refractivity contribution in [3.05, 3.63) is 59.9 Å². The Bertz CT molecular complexity index is 557. The predicted octanol–water partition coefficient (Wildman–Crippen LogP) is 3.38. The van der Waals surface area contributed by atoms with E-state index in [1.54, 1.807) is 13.2 Å². The van der Waals surface area contributed by atoms with Gasteiger partial charge in [0.05, 0.1) is 7.11 Å². The van der Waals surface area contributed by atoms with Crippen LogP contribution in [-0.4, -0.2) is 32.1 Å². The fourth-order valence-electron chi connectivity index (χ4n) is 2.11. The number of benzene rings is 2. The van der Waals surface area contributed by atoms with E-state index in [1.165, 1.54) is 17.7 Å². The number of methoxy groups -OCH3 is 1. The molecule has 2 aromatic rings. The minimum Gasteiger partial charge on any atom is -0.497 e. The molecule has 1 N–H and O–H groups in total. The van der Waals surface area contributed by atoms with Crippen LogP contribution < -0.4 is 10.1 Å². The lowest BCUT2D eigenvalue weighted by Crippen LogP contribution is -2.24. The maximum Gasteiger partial charge on any atom is 0.125 e. The molecule has 0 spiro atoms. The topological polar surface area (TPSA) is 24.5 Å². The maximum atomic E-state index is 13.0. The van der Waals surface area contributed by atoms with E-state index >= 15 is 0 Å². The van der Waals surface area contributed by atoms with Gasteiger partial charge in [-0.1, -0.05) is 18.2 Å². The van der Waals surface area contributed by atoms with Gasteiger partial charge in [0.2, 0.25) is 0 Å². The average molecular weight is 288 g/mol. The van der Waals surface area contributed by atoms with Gasteiger partial charge in [-0.2, -0.15) is 0 Å². The summed E-state index contributed by atoms with van der Waals surface area (Å²) in [6.07, 6.45) is 0. The highest BCUT2D eigenvalue weighted by atomic mass is 19.1. The van der Waals surface area contributed by atoms with Gasteiger partial charge >= 0.3 is 0 Å². The zero-order chi connectivity index (χ0) is 15.1. The molecule has 0 amide bonds. The highest BCUT2D eigenvalue weighted by Gasteiger charge is 2.01. The second kappa shape index (κ2) is 7.64. The number of ether oxygens (including phenoxy) is 1. The number of likely N-dealkylation sites (N-methyl/N-ethyl adjacent to an activating group) is 1. The number of halogens is 1. The Morgan fingerprint density at radius 3 is 2.57 bits per heavy atom. The monoisotopic (exact) mass is 288 g/mol. The first-order chi connectivity index (χ1) is 10.2. The van der Waals surface area contributed by atoms with E-state index in [-0.39, 0.29) is 5.82 Å². The average Bonchev–Trinajstić information content (AvgIpc) is 2.48. The fraction of sp³-hybridized carbons (Fsp3) is 0.294. The van der Waals surface area contributed by atoms with Gasteiger partial charge in [-0.05, 0) is 42.9 Å². The van der Waals surface area contributed by atoms with Crippen LogP contribution in [0.2, 0.25) is 0 Å².